The Morgan fingerprint density at radius 3 is 2.40 bits per heavy atom. The van der Waals surface area contributed by atoms with Gasteiger partial charge in [-0.2, -0.15) is 10.4 Å². The molecule has 0 aliphatic carbocycles. The standard InChI is InChI=1S/C29H21N5O5S/c30-14-21(29(39)32-18-7-3-1-4-8-18)27(37)25-22-16-40-23-12-11-17(28(38)31-15-24(35)36)13-20(23)26(22)34(33-25)19-9-5-2-6-10-19/h1-13,21H,15-16H2,(H,31,38)(H,32,39)(H,35,36). The first-order chi connectivity index (χ1) is 19.4. The number of amides is 2. The average molecular weight is 552 g/mol. The molecular formula is C29H21N5O5S. The summed E-state index contributed by atoms with van der Waals surface area (Å²) >= 11 is 1.43. The van der Waals surface area contributed by atoms with E-state index in [0.717, 1.165) is 4.90 Å². The number of para-hydroxylation sites is 2. The van der Waals surface area contributed by atoms with Gasteiger partial charge in [-0.15, -0.1) is 11.8 Å². The van der Waals surface area contributed by atoms with E-state index in [0.29, 0.717) is 33.9 Å². The topological polar surface area (TPSA) is 154 Å². The van der Waals surface area contributed by atoms with Crippen molar-refractivity contribution in [1.29, 1.82) is 5.26 Å². The summed E-state index contributed by atoms with van der Waals surface area (Å²) in [4.78, 5) is 51.0. The van der Waals surface area contributed by atoms with Gasteiger partial charge in [-0.25, -0.2) is 4.68 Å². The molecule has 10 nitrogen and oxygen atoms in total. The lowest BCUT2D eigenvalue weighted by molar-refractivity contribution is -0.135. The number of carboxylic acid groups (broad SMARTS) is 1. The van der Waals surface area contributed by atoms with Gasteiger partial charge in [-0.1, -0.05) is 36.4 Å². The molecule has 2 heterocycles. The minimum atomic E-state index is -1.64. The summed E-state index contributed by atoms with van der Waals surface area (Å²) in [6.07, 6.45) is 0. The second kappa shape index (κ2) is 11.3. The number of ketones is 1. The second-order valence-corrected chi connectivity index (χ2v) is 9.80. The Hall–Kier alpha value is -5.21. The zero-order chi connectivity index (χ0) is 28.2. The zero-order valence-corrected chi connectivity index (χ0v) is 21.6. The molecule has 40 heavy (non-hydrogen) atoms. The van der Waals surface area contributed by atoms with Crippen LogP contribution >= 0.6 is 11.8 Å². The van der Waals surface area contributed by atoms with Gasteiger partial charge < -0.3 is 15.7 Å². The number of hydrogen-bond acceptors (Lipinski definition) is 7. The fraction of sp³-hybridized carbons (Fsp3) is 0.103. The van der Waals surface area contributed by atoms with Crippen LogP contribution in [-0.2, 0) is 15.3 Å². The first kappa shape index (κ1) is 26.4. The summed E-state index contributed by atoms with van der Waals surface area (Å²) in [5, 5.41) is 28.3. The number of nitriles is 1. The van der Waals surface area contributed by atoms with Crippen molar-refractivity contribution in [3.8, 4) is 23.0 Å². The van der Waals surface area contributed by atoms with Crippen molar-refractivity contribution in [2.45, 2.75) is 10.6 Å². The van der Waals surface area contributed by atoms with Crippen LogP contribution in [0.3, 0.4) is 0 Å². The van der Waals surface area contributed by atoms with Crippen LogP contribution in [0.15, 0.2) is 83.8 Å². The third kappa shape index (κ3) is 5.21. The molecule has 0 saturated heterocycles. The molecule has 0 radical (unpaired) electrons. The number of carbonyl (C=O) groups is 4. The summed E-state index contributed by atoms with van der Waals surface area (Å²) < 4.78 is 1.57. The Bertz CT molecular complexity index is 1680. The Kier molecular flexibility index (Phi) is 7.43. The molecule has 0 fully saturated rings. The molecule has 11 heteroatoms. The van der Waals surface area contributed by atoms with Crippen molar-refractivity contribution in [3.63, 3.8) is 0 Å². The number of aromatic nitrogens is 2. The minimum absolute atomic E-state index is 0.00695. The lowest BCUT2D eigenvalue weighted by Gasteiger charge is -2.19. The van der Waals surface area contributed by atoms with Crippen LogP contribution in [0.2, 0.25) is 0 Å². The number of carbonyl (C=O) groups excluding carboxylic acids is 3. The Morgan fingerprint density at radius 2 is 1.73 bits per heavy atom. The largest absolute Gasteiger partial charge is 0.480 e. The fourth-order valence-corrected chi connectivity index (χ4v) is 5.37. The Morgan fingerprint density at radius 1 is 1.02 bits per heavy atom. The number of aliphatic carboxylic acids is 1. The van der Waals surface area contributed by atoms with E-state index in [-0.39, 0.29) is 11.3 Å². The van der Waals surface area contributed by atoms with Gasteiger partial charge in [0.2, 0.25) is 11.7 Å². The molecule has 1 atom stereocenters. The van der Waals surface area contributed by atoms with E-state index >= 15 is 0 Å². The number of fused-ring (bicyclic) bond motifs is 3. The van der Waals surface area contributed by atoms with Crippen LogP contribution in [0.25, 0.3) is 16.9 Å². The highest BCUT2D eigenvalue weighted by Crippen LogP contribution is 2.44. The smallest absolute Gasteiger partial charge is 0.322 e. The lowest BCUT2D eigenvalue weighted by Crippen LogP contribution is -2.29. The van der Waals surface area contributed by atoms with Crippen LogP contribution in [0.4, 0.5) is 5.69 Å². The maximum absolute atomic E-state index is 13.7. The van der Waals surface area contributed by atoms with Gasteiger partial charge in [0.1, 0.15) is 12.2 Å². The van der Waals surface area contributed by atoms with E-state index in [1.54, 1.807) is 65.3 Å². The van der Waals surface area contributed by atoms with E-state index in [4.69, 9.17) is 5.11 Å². The molecule has 0 bridgehead atoms. The third-order valence-corrected chi connectivity index (χ3v) is 7.28. The van der Waals surface area contributed by atoms with Gasteiger partial charge in [0, 0.05) is 33.0 Å². The van der Waals surface area contributed by atoms with Crippen LogP contribution in [0, 0.1) is 17.2 Å². The van der Waals surface area contributed by atoms with Crippen molar-refractivity contribution in [2.24, 2.45) is 5.92 Å². The first-order valence-electron chi connectivity index (χ1n) is 12.1. The molecule has 1 aromatic heterocycles. The number of anilines is 1. The van der Waals surface area contributed by atoms with Crippen LogP contribution < -0.4 is 10.6 Å². The van der Waals surface area contributed by atoms with Crippen LogP contribution in [-0.4, -0.2) is 45.0 Å². The number of benzene rings is 3. The van der Waals surface area contributed by atoms with Gasteiger partial charge >= 0.3 is 5.97 Å². The SMILES string of the molecule is N#CC(C(=O)Nc1ccccc1)C(=O)c1nn(-c2ccccc2)c2c1CSc1ccc(C(=O)NCC(=O)O)cc1-2. The predicted molar refractivity (Wildman–Crippen MR) is 147 cm³/mol. The van der Waals surface area contributed by atoms with Gasteiger partial charge in [0.15, 0.2) is 5.92 Å². The highest BCUT2D eigenvalue weighted by Gasteiger charge is 2.36. The summed E-state index contributed by atoms with van der Waals surface area (Å²) in [6, 6.07) is 24.4. The van der Waals surface area contributed by atoms with Gasteiger partial charge in [0.05, 0.1) is 17.5 Å². The van der Waals surface area contributed by atoms with Gasteiger partial charge in [-0.3, -0.25) is 19.2 Å². The third-order valence-electron chi connectivity index (χ3n) is 6.18. The van der Waals surface area contributed by atoms with Crippen molar-refractivity contribution in [1.82, 2.24) is 15.1 Å². The number of thioether (sulfide) groups is 1. The number of Topliss-reactive ketones (excluding diaryl/α,β-unsaturated/α-hetero) is 1. The molecular weight excluding hydrogens is 530 g/mol. The van der Waals surface area contributed by atoms with Crippen molar-refractivity contribution >= 4 is 41.0 Å². The monoisotopic (exact) mass is 551 g/mol. The average Bonchev–Trinajstić information content (AvgIpc) is 3.37. The number of rotatable bonds is 8. The van der Waals surface area contributed by atoms with Crippen LogP contribution in [0.5, 0.6) is 0 Å². The van der Waals surface area contributed by atoms with Gasteiger partial charge in [-0.05, 0) is 42.5 Å². The molecule has 0 spiro atoms. The number of nitrogens with one attached hydrogen (secondary N) is 2. The summed E-state index contributed by atoms with van der Waals surface area (Å²) in [5.74, 6) is -4.52. The Balaban J connectivity index is 1.58. The van der Waals surface area contributed by atoms with E-state index in [2.05, 4.69) is 15.7 Å². The molecule has 4 aromatic rings. The summed E-state index contributed by atoms with van der Waals surface area (Å²) in [5.41, 5.74) is 3.02. The molecule has 1 unspecified atom stereocenters. The lowest BCUT2D eigenvalue weighted by atomic mass is 9.96. The molecule has 3 N–H and O–H groups in total. The zero-order valence-electron chi connectivity index (χ0n) is 20.8. The number of nitrogens with zero attached hydrogens (tertiary/aromatic N) is 3. The predicted octanol–water partition coefficient (Wildman–Crippen LogP) is 3.92. The highest BCUT2D eigenvalue weighted by atomic mass is 32.2. The van der Waals surface area contributed by atoms with Gasteiger partial charge in [0.25, 0.3) is 5.91 Å². The summed E-state index contributed by atoms with van der Waals surface area (Å²) in [7, 11) is 0. The number of hydrogen-bond donors (Lipinski definition) is 3. The number of carboxylic acids is 1. The van der Waals surface area contributed by atoms with Crippen molar-refractivity contribution in [3.05, 3.63) is 95.7 Å². The Labute approximate surface area is 232 Å². The molecule has 3 aromatic carbocycles. The highest BCUT2D eigenvalue weighted by molar-refractivity contribution is 7.98. The fourth-order valence-electron chi connectivity index (χ4n) is 4.32. The molecule has 2 amide bonds. The quantitative estimate of drug-likeness (QED) is 0.220. The van der Waals surface area contributed by atoms with E-state index < -0.39 is 36.0 Å². The molecule has 0 saturated carbocycles. The molecule has 5 rings (SSSR count). The van der Waals surface area contributed by atoms with Crippen molar-refractivity contribution in [2.75, 3.05) is 11.9 Å². The van der Waals surface area contributed by atoms with E-state index in [9.17, 15) is 24.4 Å². The maximum atomic E-state index is 13.7. The van der Waals surface area contributed by atoms with Crippen LogP contribution in [0.1, 0.15) is 26.4 Å². The first-order valence-corrected chi connectivity index (χ1v) is 13.1. The molecule has 1 aliphatic rings. The molecule has 198 valence electrons. The normalized spacial score (nSPS) is 12.3. The summed E-state index contributed by atoms with van der Waals surface area (Å²) in [6.45, 7) is -0.531. The van der Waals surface area contributed by atoms with E-state index in [1.165, 1.54) is 11.8 Å². The van der Waals surface area contributed by atoms with Crippen molar-refractivity contribution < 1.29 is 24.3 Å². The van der Waals surface area contributed by atoms with E-state index in [1.807, 2.05) is 24.3 Å². The minimum Gasteiger partial charge on any atom is -0.480 e. The molecule has 1 aliphatic heterocycles. The maximum Gasteiger partial charge on any atom is 0.322 e. The second-order valence-electron chi connectivity index (χ2n) is 8.78.